The Balaban J connectivity index is 1.99. The van der Waals surface area contributed by atoms with Crippen LogP contribution in [-0.4, -0.2) is 14.5 Å². The minimum absolute atomic E-state index is 0.761. The predicted molar refractivity (Wildman–Crippen MR) is 62.9 cm³/mol. The fourth-order valence-electron chi connectivity index (χ4n) is 2.24. The van der Waals surface area contributed by atoms with Crippen LogP contribution in [0.5, 0.6) is 0 Å². The molecule has 0 saturated carbocycles. The van der Waals surface area contributed by atoms with Crippen LogP contribution >= 0.6 is 0 Å². The lowest BCUT2D eigenvalue weighted by molar-refractivity contribution is 0.409. The van der Waals surface area contributed by atoms with Crippen molar-refractivity contribution in [2.75, 3.05) is 0 Å². The summed E-state index contributed by atoms with van der Waals surface area (Å²) < 4.78 is 2.28. The van der Waals surface area contributed by atoms with Crippen LogP contribution in [0.2, 0.25) is 0 Å². The SMILES string of the molecule is CC1CCn2cc(-c3cccnc3)nc2C1. The Kier molecular flexibility index (Phi) is 2.24. The van der Waals surface area contributed by atoms with Crippen molar-refractivity contribution >= 4 is 0 Å². The Morgan fingerprint density at radius 1 is 1.44 bits per heavy atom. The number of fused-ring (bicyclic) bond motifs is 1. The van der Waals surface area contributed by atoms with Gasteiger partial charge in [0.15, 0.2) is 0 Å². The molecule has 2 aromatic rings. The van der Waals surface area contributed by atoms with Crippen molar-refractivity contribution in [3.63, 3.8) is 0 Å². The molecule has 0 amide bonds. The number of pyridine rings is 1. The number of nitrogens with zero attached hydrogens (tertiary/aromatic N) is 3. The van der Waals surface area contributed by atoms with Gasteiger partial charge in [0.2, 0.25) is 0 Å². The smallest absolute Gasteiger partial charge is 0.109 e. The summed E-state index contributed by atoms with van der Waals surface area (Å²) >= 11 is 0. The van der Waals surface area contributed by atoms with Crippen LogP contribution in [0.1, 0.15) is 19.2 Å². The third-order valence-electron chi connectivity index (χ3n) is 3.21. The second kappa shape index (κ2) is 3.74. The van der Waals surface area contributed by atoms with E-state index in [1.54, 1.807) is 6.20 Å². The molecule has 3 heterocycles. The molecular weight excluding hydrogens is 198 g/mol. The van der Waals surface area contributed by atoms with Gasteiger partial charge in [0.05, 0.1) is 5.69 Å². The maximum absolute atomic E-state index is 4.69. The van der Waals surface area contributed by atoms with E-state index < -0.39 is 0 Å². The van der Waals surface area contributed by atoms with Crippen molar-refractivity contribution in [2.24, 2.45) is 5.92 Å². The highest BCUT2D eigenvalue weighted by atomic mass is 15.1. The monoisotopic (exact) mass is 213 g/mol. The first-order valence-corrected chi connectivity index (χ1v) is 5.79. The van der Waals surface area contributed by atoms with E-state index in [0.717, 1.165) is 30.1 Å². The lowest BCUT2D eigenvalue weighted by Gasteiger charge is -2.18. The predicted octanol–water partition coefficient (Wildman–Crippen LogP) is 2.53. The van der Waals surface area contributed by atoms with Crippen LogP contribution in [0, 0.1) is 5.92 Å². The average Bonchev–Trinajstić information content (AvgIpc) is 2.73. The molecule has 3 rings (SSSR count). The molecule has 0 aromatic carbocycles. The summed E-state index contributed by atoms with van der Waals surface area (Å²) in [4.78, 5) is 8.83. The zero-order chi connectivity index (χ0) is 11.0. The molecule has 0 spiro atoms. The van der Waals surface area contributed by atoms with Crippen molar-refractivity contribution < 1.29 is 0 Å². The first-order chi connectivity index (χ1) is 7.83. The second-order valence-corrected chi connectivity index (χ2v) is 4.58. The van der Waals surface area contributed by atoms with Gasteiger partial charge >= 0.3 is 0 Å². The lowest BCUT2D eigenvalue weighted by atomic mass is 10.0. The van der Waals surface area contributed by atoms with Gasteiger partial charge < -0.3 is 4.57 Å². The number of rotatable bonds is 1. The highest BCUT2D eigenvalue weighted by Gasteiger charge is 2.17. The van der Waals surface area contributed by atoms with E-state index in [2.05, 4.69) is 28.7 Å². The number of aryl methyl sites for hydroxylation is 1. The molecule has 3 nitrogen and oxygen atoms in total. The van der Waals surface area contributed by atoms with Gasteiger partial charge in [-0.25, -0.2) is 4.98 Å². The topological polar surface area (TPSA) is 30.7 Å². The number of aromatic nitrogens is 3. The average molecular weight is 213 g/mol. The molecule has 1 atom stereocenters. The highest BCUT2D eigenvalue weighted by Crippen LogP contribution is 2.24. The van der Waals surface area contributed by atoms with Crippen LogP contribution in [0.3, 0.4) is 0 Å². The van der Waals surface area contributed by atoms with E-state index in [1.807, 2.05) is 12.3 Å². The van der Waals surface area contributed by atoms with E-state index >= 15 is 0 Å². The molecule has 1 aliphatic heterocycles. The first kappa shape index (κ1) is 9.58. The Bertz CT molecular complexity index is 487. The fraction of sp³-hybridized carbons (Fsp3) is 0.385. The summed E-state index contributed by atoms with van der Waals surface area (Å²) in [7, 11) is 0. The maximum atomic E-state index is 4.69. The lowest BCUT2D eigenvalue weighted by Crippen LogP contribution is -2.16. The van der Waals surface area contributed by atoms with Crippen molar-refractivity contribution in [3.8, 4) is 11.3 Å². The number of hydrogen-bond acceptors (Lipinski definition) is 2. The third kappa shape index (κ3) is 1.62. The summed E-state index contributed by atoms with van der Waals surface area (Å²) in [6.07, 6.45) is 8.17. The molecule has 0 N–H and O–H groups in total. The molecule has 0 saturated heterocycles. The summed E-state index contributed by atoms with van der Waals surface area (Å²) in [5.41, 5.74) is 2.16. The quantitative estimate of drug-likeness (QED) is 0.728. The van der Waals surface area contributed by atoms with Crippen molar-refractivity contribution in [1.29, 1.82) is 0 Å². The molecule has 0 bridgehead atoms. The van der Waals surface area contributed by atoms with Gasteiger partial charge in [-0.1, -0.05) is 6.92 Å². The number of imidazole rings is 1. The second-order valence-electron chi connectivity index (χ2n) is 4.58. The number of hydrogen-bond donors (Lipinski definition) is 0. The van der Waals surface area contributed by atoms with Crippen LogP contribution in [0.4, 0.5) is 0 Å². The van der Waals surface area contributed by atoms with Crippen molar-refractivity contribution in [3.05, 3.63) is 36.5 Å². The van der Waals surface area contributed by atoms with Crippen molar-refractivity contribution in [1.82, 2.24) is 14.5 Å². The summed E-state index contributed by atoms with van der Waals surface area (Å²) in [5.74, 6) is 1.98. The zero-order valence-corrected chi connectivity index (χ0v) is 9.43. The van der Waals surface area contributed by atoms with Crippen LogP contribution in [0.15, 0.2) is 30.7 Å². The van der Waals surface area contributed by atoms with Gasteiger partial charge in [0.1, 0.15) is 5.82 Å². The molecule has 0 fully saturated rings. The Labute approximate surface area is 95.2 Å². The summed E-state index contributed by atoms with van der Waals surface area (Å²) in [6.45, 7) is 3.39. The largest absolute Gasteiger partial charge is 0.334 e. The normalized spacial score (nSPS) is 19.4. The third-order valence-corrected chi connectivity index (χ3v) is 3.21. The van der Waals surface area contributed by atoms with E-state index in [9.17, 15) is 0 Å². The molecule has 1 aliphatic rings. The minimum Gasteiger partial charge on any atom is -0.334 e. The van der Waals surface area contributed by atoms with E-state index in [1.165, 1.54) is 12.2 Å². The first-order valence-electron chi connectivity index (χ1n) is 5.79. The molecule has 0 aliphatic carbocycles. The highest BCUT2D eigenvalue weighted by molar-refractivity contribution is 5.57. The van der Waals surface area contributed by atoms with Gasteiger partial charge in [0, 0.05) is 37.1 Å². The van der Waals surface area contributed by atoms with Gasteiger partial charge in [-0.15, -0.1) is 0 Å². The minimum atomic E-state index is 0.761. The van der Waals surface area contributed by atoms with Crippen LogP contribution in [-0.2, 0) is 13.0 Å². The molecule has 3 heteroatoms. The van der Waals surface area contributed by atoms with Gasteiger partial charge in [0.25, 0.3) is 0 Å². The maximum Gasteiger partial charge on any atom is 0.109 e. The Hall–Kier alpha value is -1.64. The molecule has 0 radical (unpaired) electrons. The van der Waals surface area contributed by atoms with Crippen LogP contribution in [0.25, 0.3) is 11.3 Å². The Morgan fingerprint density at radius 2 is 2.38 bits per heavy atom. The van der Waals surface area contributed by atoms with Gasteiger partial charge in [-0.05, 0) is 24.5 Å². The summed E-state index contributed by atoms with van der Waals surface area (Å²) in [6, 6.07) is 4.01. The van der Waals surface area contributed by atoms with Crippen LogP contribution < -0.4 is 0 Å². The molecule has 2 aromatic heterocycles. The molecule has 1 unspecified atom stereocenters. The molecule has 16 heavy (non-hydrogen) atoms. The van der Waals surface area contributed by atoms with E-state index in [4.69, 9.17) is 4.98 Å². The summed E-state index contributed by atoms with van der Waals surface area (Å²) in [5, 5.41) is 0. The standard InChI is InChI=1S/C13H15N3/c1-10-4-6-16-9-12(15-13(16)7-10)11-3-2-5-14-8-11/h2-3,5,8-10H,4,6-7H2,1H3. The van der Waals surface area contributed by atoms with Crippen molar-refractivity contribution in [2.45, 2.75) is 26.3 Å². The van der Waals surface area contributed by atoms with Gasteiger partial charge in [-0.3, -0.25) is 4.98 Å². The molecular formula is C13H15N3. The van der Waals surface area contributed by atoms with Gasteiger partial charge in [-0.2, -0.15) is 0 Å². The van der Waals surface area contributed by atoms with E-state index in [-0.39, 0.29) is 0 Å². The fourth-order valence-corrected chi connectivity index (χ4v) is 2.24. The van der Waals surface area contributed by atoms with E-state index in [0.29, 0.717) is 0 Å². The zero-order valence-electron chi connectivity index (χ0n) is 9.43. The Morgan fingerprint density at radius 3 is 3.19 bits per heavy atom. The molecule has 82 valence electrons.